The summed E-state index contributed by atoms with van der Waals surface area (Å²) < 4.78 is 5.13. The third-order valence-corrected chi connectivity index (χ3v) is 4.01. The molecule has 8 heteroatoms. The van der Waals surface area contributed by atoms with Crippen LogP contribution in [0.15, 0.2) is 53.3 Å². The summed E-state index contributed by atoms with van der Waals surface area (Å²) in [6.07, 6.45) is 4.42. The molecule has 2 atom stereocenters. The lowest BCUT2D eigenvalue weighted by Crippen LogP contribution is -2.40. The zero-order valence-corrected chi connectivity index (χ0v) is 12.8. The summed E-state index contributed by atoms with van der Waals surface area (Å²) >= 11 is 0. The Bertz CT molecular complexity index is 766. The normalized spacial score (nSPS) is 22.3. The maximum Gasteiger partial charge on any atom is 0.328 e. The average Bonchev–Trinajstić information content (AvgIpc) is 2.60. The highest BCUT2D eigenvalue weighted by molar-refractivity contribution is 5.97. The Labute approximate surface area is 137 Å². The topological polar surface area (TPSA) is 105 Å². The van der Waals surface area contributed by atoms with Crippen molar-refractivity contribution in [3.63, 3.8) is 0 Å². The van der Waals surface area contributed by atoms with Gasteiger partial charge in [-0.15, -0.1) is 0 Å². The number of ether oxygens (including phenoxy) is 1. The molecule has 2 aliphatic rings. The van der Waals surface area contributed by atoms with Gasteiger partial charge in [-0.1, -0.05) is 12.1 Å². The molecule has 2 heterocycles. The van der Waals surface area contributed by atoms with Gasteiger partial charge >= 0.3 is 5.97 Å². The maximum atomic E-state index is 11.4. The number of aliphatic carboxylic acids is 1. The lowest BCUT2D eigenvalue weighted by atomic mass is 9.95. The van der Waals surface area contributed by atoms with Crippen molar-refractivity contribution in [1.82, 2.24) is 4.90 Å². The van der Waals surface area contributed by atoms with Crippen molar-refractivity contribution in [3.05, 3.63) is 64.0 Å². The van der Waals surface area contributed by atoms with Crippen LogP contribution in [0.3, 0.4) is 0 Å². The van der Waals surface area contributed by atoms with Gasteiger partial charge in [0.1, 0.15) is 11.6 Å². The standard InChI is InChI=1S/C16H15N3O5/c1-24-12-5-2-10(3-6-12)14-8-13(16(20)21)17-15-7-4-11(19(22)23)9-18(14)15/h2-7,9,13-14H,8H2,1H3,(H,20,21). The van der Waals surface area contributed by atoms with Gasteiger partial charge in [-0.05, 0) is 23.8 Å². The third kappa shape index (κ3) is 2.85. The molecule has 0 spiro atoms. The number of rotatable bonds is 4. The molecule has 1 N–H and O–H groups in total. The highest BCUT2D eigenvalue weighted by atomic mass is 16.6. The Morgan fingerprint density at radius 2 is 2.08 bits per heavy atom. The first kappa shape index (κ1) is 15.7. The molecule has 24 heavy (non-hydrogen) atoms. The van der Waals surface area contributed by atoms with Crippen LogP contribution in [-0.4, -0.2) is 39.9 Å². The van der Waals surface area contributed by atoms with Gasteiger partial charge in [0, 0.05) is 12.5 Å². The molecule has 0 aliphatic carbocycles. The molecule has 8 nitrogen and oxygen atoms in total. The van der Waals surface area contributed by atoms with E-state index in [1.54, 1.807) is 24.1 Å². The van der Waals surface area contributed by atoms with E-state index in [0.29, 0.717) is 11.6 Å². The number of aliphatic imine (C=N–C) groups is 1. The number of carboxylic acid groups (broad SMARTS) is 1. The molecule has 124 valence electrons. The van der Waals surface area contributed by atoms with Crippen molar-refractivity contribution in [2.24, 2.45) is 4.99 Å². The summed E-state index contributed by atoms with van der Waals surface area (Å²) in [4.78, 5) is 27.8. The molecule has 2 aliphatic heterocycles. The van der Waals surface area contributed by atoms with E-state index in [1.807, 2.05) is 12.1 Å². The summed E-state index contributed by atoms with van der Waals surface area (Å²) in [5, 5.41) is 20.4. The van der Waals surface area contributed by atoms with E-state index in [-0.39, 0.29) is 18.2 Å². The van der Waals surface area contributed by atoms with Gasteiger partial charge < -0.3 is 14.7 Å². The molecule has 1 aromatic rings. The minimum absolute atomic E-state index is 0.0683. The van der Waals surface area contributed by atoms with Gasteiger partial charge in [-0.25, -0.2) is 4.79 Å². The lowest BCUT2D eigenvalue weighted by molar-refractivity contribution is -0.420. The molecule has 2 unspecified atom stereocenters. The van der Waals surface area contributed by atoms with Crippen LogP contribution in [0.2, 0.25) is 0 Å². The molecule has 1 aromatic carbocycles. The first-order valence-electron chi connectivity index (χ1n) is 7.27. The Hall–Kier alpha value is -3.16. The number of hydrogen-bond acceptors (Lipinski definition) is 6. The van der Waals surface area contributed by atoms with Crippen LogP contribution in [0, 0.1) is 10.1 Å². The molecule has 0 amide bonds. The van der Waals surface area contributed by atoms with E-state index in [0.717, 1.165) is 5.56 Å². The van der Waals surface area contributed by atoms with Crippen LogP contribution in [0.25, 0.3) is 0 Å². The second kappa shape index (κ2) is 6.15. The SMILES string of the molecule is COc1ccc(C2CC(C(=O)O)N=C3C=CC([N+](=O)[O-])=CN32)cc1. The fraction of sp³-hybridized carbons (Fsp3) is 0.250. The van der Waals surface area contributed by atoms with Crippen LogP contribution in [-0.2, 0) is 4.79 Å². The molecule has 0 aromatic heterocycles. The fourth-order valence-corrected chi connectivity index (χ4v) is 2.78. The molecular formula is C16H15N3O5. The number of carboxylic acids is 1. The van der Waals surface area contributed by atoms with Gasteiger partial charge in [-0.3, -0.25) is 15.1 Å². The molecular weight excluding hydrogens is 314 g/mol. The second-order valence-corrected chi connectivity index (χ2v) is 5.42. The van der Waals surface area contributed by atoms with E-state index < -0.39 is 16.9 Å². The summed E-state index contributed by atoms with van der Waals surface area (Å²) in [5.74, 6) is 0.0662. The Morgan fingerprint density at radius 3 is 2.67 bits per heavy atom. The van der Waals surface area contributed by atoms with Gasteiger partial charge in [0.2, 0.25) is 0 Å². The van der Waals surface area contributed by atoms with Crippen molar-refractivity contribution in [1.29, 1.82) is 0 Å². The van der Waals surface area contributed by atoms with Gasteiger partial charge in [0.15, 0.2) is 6.04 Å². The number of fused-ring (bicyclic) bond motifs is 1. The largest absolute Gasteiger partial charge is 0.497 e. The van der Waals surface area contributed by atoms with Crippen molar-refractivity contribution < 1.29 is 19.6 Å². The van der Waals surface area contributed by atoms with Crippen LogP contribution >= 0.6 is 0 Å². The van der Waals surface area contributed by atoms with Gasteiger partial charge in [0.05, 0.1) is 24.3 Å². The van der Waals surface area contributed by atoms with Crippen LogP contribution < -0.4 is 4.74 Å². The molecule has 0 fully saturated rings. The highest BCUT2D eigenvalue weighted by Gasteiger charge is 2.35. The first-order chi connectivity index (χ1) is 11.5. The summed E-state index contributed by atoms with van der Waals surface area (Å²) in [6.45, 7) is 0. The Morgan fingerprint density at radius 1 is 1.38 bits per heavy atom. The summed E-state index contributed by atoms with van der Waals surface area (Å²) in [6, 6.07) is 5.94. The molecule has 0 saturated heterocycles. The molecule has 0 radical (unpaired) electrons. The zero-order chi connectivity index (χ0) is 17.3. The zero-order valence-electron chi connectivity index (χ0n) is 12.8. The monoisotopic (exact) mass is 329 g/mol. The fourth-order valence-electron chi connectivity index (χ4n) is 2.78. The molecule has 0 saturated carbocycles. The van der Waals surface area contributed by atoms with Crippen molar-refractivity contribution >= 4 is 11.8 Å². The van der Waals surface area contributed by atoms with Gasteiger partial charge in [-0.2, -0.15) is 0 Å². The van der Waals surface area contributed by atoms with Crippen molar-refractivity contribution in [2.75, 3.05) is 7.11 Å². The van der Waals surface area contributed by atoms with E-state index in [1.165, 1.54) is 18.4 Å². The van der Waals surface area contributed by atoms with Crippen molar-refractivity contribution in [3.8, 4) is 5.75 Å². The van der Waals surface area contributed by atoms with Crippen LogP contribution in [0.5, 0.6) is 5.75 Å². The number of hydrogen-bond donors (Lipinski definition) is 1. The number of methoxy groups -OCH3 is 1. The quantitative estimate of drug-likeness (QED) is 0.669. The second-order valence-electron chi connectivity index (χ2n) is 5.42. The minimum Gasteiger partial charge on any atom is -0.497 e. The third-order valence-electron chi connectivity index (χ3n) is 4.01. The van der Waals surface area contributed by atoms with Crippen molar-refractivity contribution in [2.45, 2.75) is 18.5 Å². The van der Waals surface area contributed by atoms with E-state index in [2.05, 4.69) is 4.99 Å². The number of allylic oxidation sites excluding steroid dienone is 1. The number of nitro groups is 1. The highest BCUT2D eigenvalue weighted by Crippen LogP contribution is 2.34. The Balaban J connectivity index is 2.02. The molecule has 0 bridgehead atoms. The van der Waals surface area contributed by atoms with Gasteiger partial charge in [0.25, 0.3) is 5.70 Å². The number of benzene rings is 1. The van der Waals surface area contributed by atoms with E-state index in [9.17, 15) is 20.0 Å². The number of amidine groups is 1. The first-order valence-corrected chi connectivity index (χ1v) is 7.27. The summed E-state index contributed by atoms with van der Waals surface area (Å²) in [7, 11) is 1.56. The number of carbonyl (C=O) groups is 1. The van der Waals surface area contributed by atoms with Crippen LogP contribution in [0.1, 0.15) is 18.0 Å². The Kier molecular flexibility index (Phi) is 4.03. The van der Waals surface area contributed by atoms with Crippen LogP contribution in [0.4, 0.5) is 0 Å². The smallest absolute Gasteiger partial charge is 0.328 e. The predicted molar refractivity (Wildman–Crippen MR) is 85.3 cm³/mol. The average molecular weight is 329 g/mol. The predicted octanol–water partition coefficient (Wildman–Crippen LogP) is 1.98. The molecule has 3 rings (SSSR count). The lowest BCUT2D eigenvalue weighted by Gasteiger charge is -2.36. The minimum atomic E-state index is -1.02. The summed E-state index contributed by atoms with van der Waals surface area (Å²) in [5.41, 5.74) is 0.768. The van der Waals surface area contributed by atoms with E-state index in [4.69, 9.17) is 4.74 Å². The number of nitrogens with zero attached hydrogens (tertiary/aromatic N) is 3. The van der Waals surface area contributed by atoms with E-state index >= 15 is 0 Å². The maximum absolute atomic E-state index is 11.4.